The van der Waals surface area contributed by atoms with E-state index in [0.717, 1.165) is 16.6 Å². The van der Waals surface area contributed by atoms with E-state index in [1.54, 1.807) is 0 Å². The largest absolute Gasteiger partial charge is 0.469 e. The summed E-state index contributed by atoms with van der Waals surface area (Å²) in [6.45, 7) is 16.8. The number of rotatable bonds is 2. The van der Waals surface area contributed by atoms with Gasteiger partial charge < -0.3 is 14.6 Å². The number of anilines is 5. The molecule has 4 heterocycles. The molecule has 270 valence electrons. The van der Waals surface area contributed by atoms with E-state index < -0.39 is 0 Å². The number of fused-ring (bicyclic) bond motifs is 11. The molecule has 0 saturated heterocycles. The minimum absolute atomic E-state index is 0.0693. The molecule has 0 spiro atoms. The average molecular weight is 733 g/mol. The third-order valence-electron chi connectivity index (χ3n) is 13.5. The lowest BCUT2D eigenvalue weighted by molar-refractivity contribution is 0.332. The lowest BCUT2D eigenvalue weighted by Crippen LogP contribution is -2.40. The fourth-order valence-corrected chi connectivity index (χ4v) is 11.5. The summed E-state index contributed by atoms with van der Waals surface area (Å²) in [5.74, 6) is 0. The van der Waals surface area contributed by atoms with E-state index in [1.807, 2.05) is 11.3 Å². The number of nitrogens with zero attached hydrogens (tertiary/aromatic N) is 1. The molecule has 55 heavy (non-hydrogen) atoms. The molecule has 0 atom stereocenters. The van der Waals surface area contributed by atoms with E-state index in [9.17, 15) is 0 Å². The van der Waals surface area contributed by atoms with Gasteiger partial charge in [0.25, 0.3) is 0 Å². The molecule has 0 saturated carbocycles. The van der Waals surface area contributed by atoms with Gasteiger partial charge in [-0.25, -0.2) is 0 Å². The van der Waals surface area contributed by atoms with E-state index in [-0.39, 0.29) is 16.2 Å². The van der Waals surface area contributed by atoms with E-state index in [4.69, 9.17) is 4.42 Å². The van der Waals surface area contributed by atoms with Crippen LogP contribution in [-0.4, -0.2) is 7.28 Å². The molecule has 1 aliphatic carbocycles. The Balaban J connectivity index is 1.27. The zero-order valence-corrected chi connectivity index (χ0v) is 33.6. The van der Waals surface area contributed by atoms with Crippen LogP contribution in [0.25, 0.3) is 42.3 Å². The third kappa shape index (κ3) is 4.57. The summed E-state index contributed by atoms with van der Waals surface area (Å²) in [5, 5.41) is 7.74. The Morgan fingerprint density at radius 1 is 0.655 bits per heavy atom. The van der Waals surface area contributed by atoms with Crippen molar-refractivity contribution in [3.8, 4) is 11.1 Å². The summed E-state index contributed by atoms with van der Waals surface area (Å²) >= 11 is 1.93. The summed E-state index contributed by atoms with van der Waals surface area (Å²) in [7, 11) is 0.710. The van der Waals surface area contributed by atoms with Gasteiger partial charge in [-0.1, -0.05) is 114 Å². The highest BCUT2D eigenvalue weighted by atomic mass is 32.1. The number of hydrogen-bond acceptors (Lipinski definition) is 4. The number of hydrogen-bond donors (Lipinski definition) is 1. The van der Waals surface area contributed by atoms with Crippen LogP contribution in [0.5, 0.6) is 0 Å². The number of benzene rings is 6. The number of thiophene rings is 1. The van der Waals surface area contributed by atoms with Gasteiger partial charge in [0.2, 0.25) is 7.28 Å². The zero-order chi connectivity index (χ0) is 37.6. The molecule has 6 aromatic carbocycles. The standard InChI is InChI=1S/C50H45BN2OS/c1-28-25-36-37(49(4,5)24-23-48(36,2)3)27-39(28)53-44-31-16-8-12-21-40(31)54-47(44)51-42-32(26-33-29-15-9-13-22-41(29)55-46(33)45(42)53)30-17-14-19-35-43(30)52-38-20-11-10-18-34(38)50(35,6)7/h8-22,25-27,51-52H,23-24H2,1-7H3. The summed E-state index contributed by atoms with van der Waals surface area (Å²) in [5.41, 5.74) is 18.8. The van der Waals surface area contributed by atoms with Gasteiger partial charge in [-0.15, -0.1) is 11.3 Å². The van der Waals surface area contributed by atoms with Gasteiger partial charge in [0.1, 0.15) is 5.58 Å². The maximum absolute atomic E-state index is 6.93. The Morgan fingerprint density at radius 3 is 2.16 bits per heavy atom. The molecule has 0 fully saturated rings. The van der Waals surface area contributed by atoms with Crippen molar-refractivity contribution in [2.45, 2.75) is 77.6 Å². The average Bonchev–Trinajstić information content (AvgIpc) is 3.74. The van der Waals surface area contributed by atoms with Crippen molar-refractivity contribution in [3.05, 3.63) is 137 Å². The molecule has 3 aliphatic rings. The smallest absolute Gasteiger partial charge is 0.244 e. The zero-order valence-electron chi connectivity index (χ0n) is 32.8. The second kappa shape index (κ2) is 11.2. The lowest BCUT2D eigenvalue weighted by Gasteiger charge is -2.43. The van der Waals surface area contributed by atoms with Crippen LogP contribution in [0.2, 0.25) is 0 Å². The van der Waals surface area contributed by atoms with E-state index in [2.05, 4.69) is 168 Å². The topological polar surface area (TPSA) is 28.4 Å². The maximum atomic E-state index is 6.93. The van der Waals surface area contributed by atoms with Crippen LogP contribution in [0.3, 0.4) is 0 Å². The quantitative estimate of drug-likeness (QED) is 0.179. The van der Waals surface area contributed by atoms with E-state index >= 15 is 0 Å². The van der Waals surface area contributed by atoms with Gasteiger partial charge in [0.15, 0.2) is 0 Å². The first-order valence-corrected chi connectivity index (χ1v) is 20.7. The molecule has 11 rings (SSSR count). The van der Waals surface area contributed by atoms with Crippen LogP contribution in [0.1, 0.15) is 82.2 Å². The van der Waals surface area contributed by atoms with Gasteiger partial charge in [-0.3, -0.25) is 0 Å². The molecule has 5 heteroatoms. The van der Waals surface area contributed by atoms with E-state index in [1.165, 1.54) is 106 Å². The van der Waals surface area contributed by atoms with Crippen molar-refractivity contribution in [3.63, 3.8) is 0 Å². The molecular formula is C50H45BN2OS. The van der Waals surface area contributed by atoms with Gasteiger partial charge in [0.05, 0.1) is 27.4 Å². The molecule has 2 aromatic heterocycles. The molecule has 0 radical (unpaired) electrons. The Bertz CT molecular complexity index is 2940. The fourth-order valence-electron chi connectivity index (χ4n) is 10.3. The minimum atomic E-state index is -0.162. The third-order valence-corrected chi connectivity index (χ3v) is 14.7. The van der Waals surface area contributed by atoms with Crippen LogP contribution in [-0.2, 0) is 16.2 Å². The molecule has 1 N–H and O–H groups in total. The second-order valence-corrected chi connectivity index (χ2v) is 19.1. The normalized spacial score (nSPS) is 17.2. The molecule has 8 aromatic rings. The monoisotopic (exact) mass is 732 g/mol. The highest BCUT2D eigenvalue weighted by Crippen LogP contribution is 2.54. The highest BCUT2D eigenvalue weighted by molar-refractivity contribution is 7.26. The first kappa shape index (κ1) is 33.1. The first-order chi connectivity index (χ1) is 26.4. The van der Waals surface area contributed by atoms with Crippen LogP contribution in [0.15, 0.2) is 114 Å². The molecule has 0 bridgehead atoms. The van der Waals surface area contributed by atoms with Crippen molar-refractivity contribution >= 4 is 89.3 Å². The first-order valence-electron chi connectivity index (χ1n) is 19.9. The highest BCUT2D eigenvalue weighted by Gasteiger charge is 2.41. The van der Waals surface area contributed by atoms with Crippen molar-refractivity contribution in [2.75, 3.05) is 10.2 Å². The molecule has 3 nitrogen and oxygen atoms in total. The predicted molar refractivity (Wildman–Crippen MR) is 238 cm³/mol. The second-order valence-electron chi connectivity index (χ2n) is 18.1. The lowest BCUT2D eigenvalue weighted by atomic mass is 9.60. The summed E-state index contributed by atoms with van der Waals surface area (Å²) in [6, 6.07) is 40.9. The summed E-state index contributed by atoms with van der Waals surface area (Å²) in [6.07, 6.45) is 2.36. The van der Waals surface area contributed by atoms with Crippen molar-refractivity contribution in [1.82, 2.24) is 0 Å². The number of para-hydroxylation sites is 3. The SMILES string of the molecule is Cc1cc2c(cc1N1c3c(oc4ccccc34)Bc3c(-c4cccc5c4Nc4ccccc4C5(C)C)cc4c(sc5ccccc54)c31)C(C)(C)CCC2(C)C. The van der Waals surface area contributed by atoms with Crippen LogP contribution >= 0.6 is 11.3 Å². The number of nitrogens with one attached hydrogen (secondary N) is 1. The Labute approximate surface area is 328 Å². The molecule has 0 unspecified atom stereocenters. The maximum Gasteiger partial charge on any atom is 0.244 e. The Kier molecular flexibility index (Phi) is 6.72. The summed E-state index contributed by atoms with van der Waals surface area (Å²) < 4.78 is 9.57. The number of aryl methyl sites for hydroxylation is 1. The van der Waals surface area contributed by atoms with Crippen molar-refractivity contribution in [1.29, 1.82) is 0 Å². The summed E-state index contributed by atoms with van der Waals surface area (Å²) in [4.78, 5) is 2.62. The molecule has 0 amide bonds. The van der Waals surface area contributed by atoms with Gasteiger partial charge >= 0.3 is 0 Å². The van der Waals surface area contributed by atoms with Crippen molar-refractivity contribution < 1.29 is 4.42 Å². The van der Waals surface area contributed by atoms with Crippen molar-refractivity contribution in [2.24, 2.45) is 0 Å². The minimum Gasteiger partial charge on any atom is -0.469 e. The number of furan rings is 1. The van der Waals surface area contributed by atoms with Gasteiger partial charge in [0, 0.05) is 43.2 Å². The fraction of sp³-hybridized carbons (Fsp3) is 0.240. The Morgan fingerprint density at radius 2 is 1.35 bits per heavy atom. The van der Waals surface area contributed by atoms with Gasteiger partial charge in [-0.2, -0.15) is 0 Å². The van der Waals surface area contributed by atoms with Crippen LogP contribution in [0, 0.1) is 6.92 Å². The molecular weight excluding hydrogens is 687 g/mol. The van der Waals surface area contributed by atoms with Crippen LogP contribution in [0.4, 0.5) is 28.4 Å². The van der Waals surface area contributed by atoms with E-state index in [0.29, 0.717) is 7.28 Å². The van der Waals surface area contributed by atoms with Crippen LogP contribution < -0.4 is 21.3 Å². The molecule has 2 aliphatic heterocycles. The predicted octanol–water partition coefficient (Wildman–Crippen LogP) is 12.7. The van der Waals surface area contributed by atoms with Gasteiger partial charge in [-0.05, 0) is 106 Å². The Hall–Kier alpha value is -5.26.